The topological polar surface area (TPSA) is 66.4 Å². The molecule has 0 heterocycles. The van der Waals surface area contributed by atoms with Crippen LogP contribution in [0.2, 0.25) is 0 Å². The molecule has 4 heteroatoms. The Bertz CT molecular complexity index is 482. The molecule has 0 saturated carbocycles. The van der Waals surface area contributed by atoms with Crippen molar-refractivity contribution < 1.29 is 14.7 Å². The summed E-state index contributed by atoms with van der Waals surface area (Å²) in [5.41, 5.74) is 3.32. The molecular weight excluding hydrogens is 242 g/mol. The number of aliphatic hydroxyl groups excluding tert-OH is 1. The number of carbonyl (C=O) groups excluding carboxylic acids is 2. The summed E-state index contributed by atoms with van der Waals surface area (Å²) in [5, 5.41) is 11.1. The van der Waals surface area contributed by atoms with Gasteiger partial charge in [-0.15, -0.1) is 0 Å². The van der Waals surface area contributed by atoms with Crippen LogP contribution in [-0.2, 0) is 17.6 Å². The van der Waals surface area contributed by atoms with Gasteiger partial charge in [0.2, 0.25) is 5.91 Å². The summed E-state index contributed by atoms with van der Waals surface area (Å²) in [5.74, 6) is -0.183. The van der Waals surface area contributed by atoms with Crippen LogP contribution in [0.15, 0.2) is 18.2 Å². The van der Waals surface area contributed by atoms with E-state index >= 15 is 0 Å². The van der Waals surface area contributed by atoms with Crippen LogP contribution >= 0.6 is 0 Å². The van der Waals surface area contributed by atoms with Crippen LogP contribution in [0.1, 0.15) is 40.7 Å². The SMILES string of the molecule is O=C(CCC(=O)c1ccc2c(c1)CCC2)NCCO. The Morgan fingerprint density at radius 2 is 1.95 bits per heavy atom. The first-order valence-corrected chi connectivity index (χ1v) is 6.73. The predicted octanol–water partition coefficient (Wildman–Crippen LogP) is 1.25. The van der Waals surface area contributed by atoms with Crippen molar-refractivity contribution in [2.24, 2.45) is 0 Å². The van der Waals surface area contributed by atoms with Gasteiger partial charge in [0.15, 0.2) is 5.78 Å². The van der Waals surface area contributed by atoms with E-state index < -0.39 is 0 Å². The van der Waals surface area contributed by atoms with Gasteiger partial charge in [-0.1, -0.05) is 12.1 Å². The molecular formula is C15H19NO3. The van der Waals surface area contributed by atoms with E-state index in [1.165, 1.54) is 11.1 Å². The van der Waals surface area contributed by atoms with Crippen molar-refractivity contribution in [1.29, 1.82) is 0 Å². The van der Waals surface area contributed by atoms with E-state index in [9.17, 15) is 9.59 Å². The standard InChI is InChI=1S/C15H19NO3/c17-9-8-16-15(19)7-6-14(18)13-5-4-11-2-1-3-12(11)10-13/h4-5,10,17H,1-3,6-9H2,(H,16,19). The highest BCUT2D eigenvalue weighted by atomic mass is 16.3. The number of hydrogen-bond acceptors (Lipinski definition) is 3. The molecule has 0 aliphatic heterocycles. The first kappa shape index (κ1) is 13.7. The number of Topliss-reactive ketones (excluding diaryl/α,β-unsaturated/α-hetero) is 1. The molecule has 1 aliphatic rings. The first-order chi connectivity index (χ1) is 9.20. The molecule has 0 atom stereocenters. The van der Waals surface area contributed by atoms with Crippen molar-refractivity contribution in [3.8, 4) is 0 Å². The molecule has 2 N–H and O–H groups in total. The summed E-state index contributed by atoms with van der Waals surface area (Å²) in [6, 6.07) is 5.86. The Kier molecular flexibility index (Phi) is 4.68. The second-order valence-corrected chi connectivity index (χ2v) is 4.83. The summed E-state index contributed by atoms with van der Waals surface area (Å²) in [6.07, 6.45) is 3.71. The van der Waals surface area contributed by atoms with Gasteiger partial charge in [-0.25, -0.2) is 0 Å². The van der Waals surface area contributed by atoms with E-state index in [0.29, 0.717) is 5.56 Å². The third kappa shape index (κ3) is 3.64. The Morgan fingerprint density at radius 1 is 1.16 bits per heavy atom. The normalized spacial score (nSPS) is 13.1. The smallest absolute Gasteiger partial charge is 0.220 e. The van der Waals surface area contributed by atoms with Crippen molar-refractivity contribution in [2.75, 3.05) is 13.2 Å². The van der Waals surface area contributed by atoms with Gasteiger partial charge in [0, 0.05) is 24.9 Å². The molecule has 4 nitrogen and oxygen atoms in total. The number of benzene rings is 1. The van der Waals surface area contributed by atoms with Gasteiger partial charge in [-0.3, -0.25) is 9.59 Å². The minimum absolute atomic E-state index is 0.00819. The minimum Gasteiger partial charge on any atom is -0.395 e. The molecule has 0 spiro atoms. The minimum atomic E-state index is -0.191. The summed E-state index contributed by atoms with van der Waals surface area (Å²) in [7, 11) is 0. The lowest BCUT2D eigenvalue weighted by Crippen LogP contribution is -2.26. The Labute approximate surface area is 112 Å². The monoisotopic (exact) mass is 261 g/mol. The van der Waals surface area contributed by atoms with Crippen LogP contribution in [-0.4, -0.2) is 29.9 Å². The highest BCUT2D eigenvalue weighted by Gasteiger charge is 2.14. The lowest BCUT2D eigenvalue weighted by atomic mass is 10.0. The van der Waals surface area contributed by atoms with E-state index in [-0.39, 0.29) is 37.7 Å². The van der Waals surface area contributed by atoms with Gasteiger partial charge in [-0.05, 0) is 36.5 Å². The van der Waals surface area contributed by atoms with Crippen LogP contribution in [0.25, 0.3) is 0 Å². The molecule has 19 heavy (non-hydrogen) atoms. The van der Waals surface area contributed by atoms with Gasteiger partial charge in [0.05, 0.1) is 6.61 Å². The van der Waals surface area contributed by atoms with Crippen molar-refractivity contribution in [3.05, 3.63) is 34.9 Å². The molecule has 0 fully saturated rings. The van der Waals surface area contributed by atoms with E-state index in [2.05, 4.69) is 5.32 Å². The number of ketones is 1. The lowest BCUT2D eigenvalue weighted by Gasteiger charge is -2.05. The molecule has 0 unspecified atom stereocenters. The summed E-state index contributed by atoms with van der Waals surface area (Å²) >= 11 is 0. The average Bonchev–Trinajstić information content (AvgIpc) is 2.89. The van der Waals surface area contributed by atoms with Crippen LogP contribution in [0.3, 0.4) is 0 Å². The van der Waals surface area contributed by atoms with Crippen molar-refractivity contribution in [2.45, 2.75) is 32.1 Å². The fraction of sp³-hybridized carbons (Fsp3) is 0.467. The zero-order chi connectivity index (χ0) is 13.7. The Balaban J connectivity index is 1.88. The number of hydrogen-bond donors (Lipinski definition) is 2. The van der Waals surface area contributed by atoms with Gasteiger partial charge >= 0.3 is 0 Å². The largest absolute Gasteiger partial charge is 0.395 e. The molecule has 0 bridgehead atoms. The van der Waals surface area contributed by atoms with Crippen LogP contribution < -0.4 is 5.32 Å². The quantitative estimate of drug-likeness (QED) is 0.757. The van der Waals surface area contributed by atoms with Crippen LogP contribution in [0.5, 0.6) is 0 Å². The molecule has 1 aromatic rings. The number of carbonyl (C=O) groups is 2. The summed E-state index contributed by atoms with van der Waals surface area (Å²) in [6.45, 7) is 0.163. The summed E-state index contributed by atoms with van der Waals surface area (Å²) in [4.78, 5) is 23.3. The molecule has 0 radical (unpaired) electrons. The Hall–Kier alpha value is -1.68. The van der Waals surface area contributed by atoms with Crippen molar-refractivity contribution in [1.82, 2.24) is 5.32 Å². The second kappa shape index (κ2) is 6.48. The molecule has 1 aromatic carbocycles. The van der Waals surface area contributed by atoms with Gasteiger partial charge < -0.3 is 10.4 Å². The molecule has 0 saturated heterocycles. The second-order valence-electron chi connectivity index (χ2n) is 4.83. The molecule has 0 aromatic heterocycles. The van der Waals surface area contributed by atoms with Gasteiger partial charge in [0.25, 0.3) is 0 Å². The van der Waals surface area contributed by atoms with Crippen LogP contribution in [0, 0.1) is 0 Å². The van der Waals surface area contributed by atoms with E-state index in [1.807, 2.05) is 18.2 Å². The van der Waals surface area contributed by atoms with E-state index in [0.717, 1.165) is 19.3 Å². The predicted molar refractivity (Wildman–Crippen MR) is 72.1 cm³/mol. The van der Waals surface area contributed by atoms with Crippen molar-refractivity contribution in [3.63, 3.8) is 0 Å². The lowest BCUT2D eigenvalue weighted by molar-refractivity contribution is -0.121. The maximum Gasteiger partial charge on any atom is 0.220 e. The molecule has 102 valence electrons. The molecule has 1 aliphatic carbocycles. The zero-order valence-corrected chi connectivity index (χ0v) is 10.9. The number of aryl methyl sites for hydroxylation is 2. The zero-order valence-electron chi connectivity index (χ0n) is 10.9. The summed E-state index contributed by atoms with van der Waals surface area (Å²) < 4.78 is 0. The third-order valence-electron chi connectivity index (χ3n) is 3.43. The average molecular weight is 261 g/mol. The molecule has 1 amide bonds. The highest BCUT2D eigenvalue weighted by Crippen LogP contribution is 2.23. The van der Waals surface area contributed by atoms with E-state index in [1.54, 1.807) is 0 Å². The van der Waals surface area contributed by atoms with Crippen LogP contribution in [0.4, 0.5) is 0 Å². The fourth-order valence-electron chi connectivity index (χ4n) is 2.40. The number of rotatable bonds is 6. The molecule has 2 rings (SSSR count). The number of nitrogens with one attached hydrogen (secondary N) is 1. The van der Waals surface area contributed by atoms with E-state index in [4.69, 9.17) is 5.11 Å². The first-order valence-electron chi connectivity index (χ1n) is 6.73. The van der Waals surface area contributed by atoms with Gasteiger partial charge in [-0.2, -0.15) is 0 Å². The fourth-order valence-corrected chi connectivity index (χ4v) is 2.40. The Morgan fingerprint density at radius 3 is 2.74 bits per heavy atom. The number of fused-ring (bicyclic) bond motifs is 1. The number of amides is 1. The third-order valence-corrected chi connectivity index (χ3v) is 3.43. The maximum absolute atomic E-state index is 12.0. The highest BCUT2D eigenvalue weighted by molar-refractivity contribution is 5.98. The van der Waals surface area contributed by atoms with Gasteiger partial charge in [0.1, 0.15) is 0 Å². The van der Waals surface area contributed by atoms with Crippen molar-refractivity contribution >= 4 is 11.7 Å². The maximum atomic E-state index is 12.0. The number of aliphatic hydroxyl groups is 1.